The SMILES string of the molecule is COc1ncccc1COC(=O)[C@@H](NC(C)=O)C1CCCC1. The third kappa shape index (κ3) is 4.19. The van der Waals surface area contributed by atoms with Crippen LogP contribution < -0.4 is 10.1 Å². The second kappa shape index (κ2) is 7.77. The Labute approximate surface area is 130 Å². The molecule has 6 heteroatoms. The second-order valence-electron chi connectivity index (χ2n) is 5.50. The highest BCUT2D eigenvalue weighted by Gasteiger charge is 2.32. The lowest BCUT2D eigenvalue weighted by molar-refractivity contribution is -0.150. The first-order valence-electron chi connectivity index (χ1n) is 7.53. The van der Waals surface area contributed by atoms with E-state index in [1.165, 1.54) is 14.0 Å². The van der Waals surface area contributed by atoms with Crippen LogP contribution in [0.4, 0.5) is 0 Å². The predicted molar refractivity (Wildman–Crippen MR) is 80.1 cm³/mol. The zero-order valence-corrected chi connectivity index (χ0v) is 13.0. The summed E-state index contributed by atoms with van der Waals surface area (Å²) in [7, 11) is 1.52. The zero-order valence-electron chi connectivity index (χ0n) is 13.0. The largest absolute Gasteiger partial charge is 0.481 e. The van der Waals surface area contributed by atoms with Crippen molar-refractivity contribution in [3.8, 4) is 5.88 Å². The number of hydrogen-bond donors (Lipinski definition) is 1. The van der Waals surface area contributed by atoms with Gasteiger partial charge in [0.15, 0.2) is 0 Å². The van der Waals surface area contributed by atoms with E-state index in [4.69, 9.17) is 9.47 Å². The minimum atomic E-state index is -0.567. The van der Waals surface area contributed by atoms with E-state index in [-0.39, 0.29) is 18.4 Å². The summed E-state index contributed by atoms with van der Waals surface area (Å²) in [6, 6.07) is 2.98. The number of ether oxygens (including phenoxy) is 2. The maximum absolute atomic E-state index is 12.3. The maximum atomic E-state index is 12.3. The van der Waals surface area contributed by atoms with Gasteiger partial charge in [0, 0.05) is 13.1 Å². The van der Waals surface area contributed by atoms with Crippen molar-refractivity contribution in [2.75, 3.05) is 7.11 Å². The number of carbonyl (C=O) groups excluding carboxylic acids is 2. The van der Waals surface area contributed by atoms with E-state index >= 15 is 0 Å². The molecule has 1 aromatic heterocycles. The summed E-state index contributed by atoms with van der Waals surface area (Å²) < 4.78 is 10.5. The van der Waals surface area contributed by atoms with Gasteiger partial charge in [-0.1, -0.05) is 12.8 Å². The molecule has 1 heterocycles. The molecule has 0 saturated heterocycles. The van der Waals surface area contributed by atoms with Crippen LogP contribution in [0.15, 0.2) is 18.3 Å². The Bertz CT molecular complexity index is 527. The van der Waals surface area contributed by atoms with Gasteiger partial charge in [-0.2, -0.15) is 0 Å². The van der Waals surface area contributed by atoms with E-state index in [0.29, 0.717) is 11.4 Å². The number of nitrogens with zero attached hydrogens (tertiary/aromatic N) is 1. The number of hydrogen-bond acceptors (Lipinski definition) is 5. The second-order valence-corrected chi connectivity index (χ2v) is 5.50. The van der Waals surface area contributed by atoms with Crippen LogP contribution in [0, 0.1) is 5.92 Å². The lowest BCUT2D eigenvalue weighted by Crippen LogP contribution is -2.45. The smallest absolute Gasteiger partial charge is 0.329 e. The van der Waals surface area contributed by atoms with E-state index in [0.717, 1.165) is 25.7 Å². The van der Waals surface area contributed by atoms with E-state index < -0.39 is 12.0 Å². The lowest BCUT2D eigenvalue weighted by Gasteiger charge is -2.22. The van der Waals surface area contributed by atoms with Gasteiger partial charge in [0.25, 0.3) is 0 Å². The summed E-state index contributed by atoms with van der Waals surface area (Å²) in [5.41, 5.74) is 0.700. The molecule has 22 heavy (non-hydrogen) atoms. The summed E-state index contributed by atoms with van der Waals surface area (Å²) in [4.78, 5) is 27.7. The molecule has 0 aliphatic heterocycles. The van der Waals surface area contributed by atoms with E-state index in [1.807, 2.05) is 0 Å². The van der Waals surface area contributed by atoms with Gasteiger partial charge in [-0.3, -0.25) is 4.79 Å². The highest BCUT2D eigenvalue weighted by molar-refractivity contribution is 5.83. The van der Waals surface area contributed by atoms with Crippen LogP contribution in [-0.2, 0) is 20.9 Å². The molecule has 120 valence electrons. The molecule has 0 spiro atoms. The van der Waals surface area contributed by atoms with Crippen LogP contribution in [0.25, 0.3) is 0 Å². The Balaban J connectivity index is 1.99. The Morgan fingerprint density at radius 3 is 2.77 bits per heavy atom. The fourth-order valence-corrected chi connectivity index (χ4v) is 2.84. The quantitative estimate of drug-likeness (QED) is 0.811. The van der Waals surface area contributed by atoms with Crippen molar-refractivity contribution in [1.29, 1.82) is 0 Å². The first-order valence-corrected chi connectivity index (χ1v) is 7.53. The van der Waals surface area contributed by atoms with Crippen molar-refractivity contribution >= 4 is 11.9 Å². The molecule has 2 rings (SSSR count). The van der Waals surface area contributed by atoms with Crippen molar-refractivity contribution in [3.05, 3.63) is 23.9 Å². The first-order chi connectivity index (χ1) is 10.6. The molecule has 0 radical (unpaired) electrons. The van der Waals surface area contributed by atoms with Crippen LogP contribution in [0.2, 0.25) is 0 Å². The van der Waals surface area contributed by atoms with Crippen LogP contribution in [0.3, 0.4) is 0 Å². The number of pyridine rings is 1. The number of aromatic nitrogens is 1. The molecular formula is C16H22N2O4. The van der Waals surface area contributed by atoms with Gasteiger partial charge in [0.1, 0.15) is 12.6 Å². The van der Waals surface area contributed by atoms with Crippen molar-refractivity contribution < 1.29 is 19.1 Å². The number of amides is 1. The predicted octanol–water partition coefficient (Wildman–Crippen LogP) is 1.83. The van der Waals surface area contributed by atoms with Crippen molar-refractivity contribution in [2.45, 2.75) is 45.3 Å². The molecule has 1 aliphatic carbocycles. The number of esters is 1. The number of methoxy groups -OCH3 is 1. The monoisotopic (exact) mass is 306 g/mol. The van der Waals surface area contributed by atoms with Gasteiger partial charge < -0.3 is 14.8 Å². The molecule has 0 bridgehead atoms. The van der Waals surface area contributed by atoms with Gasteiger partial charge in [0.2, 0.25) is 11.8 Å². The molecular weight excluding hydrogens is 284 g/mol. The Kier molecular flexibility index (Phi) is 5.75. The minimum absolute atomic E-state index is 0.0820. The van der Waals surface area contributed by atoms with Gasteiger partial charge in [-0.05, 0) is 30.9 Å². The number of nitrogens with one attached hydrogen (secondary N) is 1. The fraction of sp³-hybridized carbons (Fsp3) is 0.562. The molecule has 1 atom stereocenters. The Morgan fingerprint density at radius 1 is 1.41 bits per heavy atom. The van der Waals surface area contributed by atoms with Crippen LogP contribution in [0.1, 0.15) is 38.2 Å². The third-order valence-electron chi connectivity index (χ3n) is 3.90. The minimum Gasteiger partial charge on any atom is -0.481 e. The fourth-order valence-electron chi connectivity index (χ4n) is 2.84. The lowest BCUT2D eigenvalue weighted by atomic mass is 9.98. The molecule has 6 nitrogen and oxygen atoms in total. The summed E-state index contributed by atoms with van der Waals surface area (Å²) in [5.74, 6) is -0.0137. The zero-order chi connectivity index (χ0) is 15.9. The molecule has 1 saturated carbocycles. The van der Waals surface area contributed by atoms with Gasteiger partial charge in [0.05, 0.1) is 12.7 Å². The van der Waals surface area contributed by atoms with Gasteiger partial charge in [-0.25, -0.2) is 9.78 Å². The van der Waals surface area contributed by atoms with E-state index in [2.05, 4.69) is 10.3 Å². The summed E-state index contributed by atoms with van der Waals surface area (Å²) in [6.07, 6.45) is 5.67. The summed E-state index contributed by atoms with van der Waals surface area (Å²) >= 11 is 0. The van der Waals surface area contributed by atoms with Crippen molar-refractivity contribution in [2.24, 2.45) is 5.92 Å². The normalized spacial score (nSPS) is 16.1. The average Bonchev–Trinajstić information content (AvgIpc) is 3.04. The van der Waals surface area contributed by atoms with E-state index in [1.54, 1.807) is 18.3 Å². The van der Waals surface area contributed by atoms with Gasteiger partial charge >= 0.3 is 5.97 Å². The maximum Gasteiger partial charge on any atom is 0.329 e. The molecule has 1 amide bonds. The van der Waals surface area contributed by atoms with Crippen LogP contribution >= 0.6 is 0 Å². The molecule has 0 unspecified atom stereocenters. The third-order valence-corrected chi connectivity index (χ3v) is 3.90. The first kappa shape index (κ1) is 16.3. The van der Waals surface area contributed by atoms with Crippen LogP contribution in [0.5, 0.6) is 5.88 Å². The van der Waals surface area contributed by atoms with Crippen LogP contribution in [-0.4, -0.2) is 30.0 Å². The summed E-state index contributed by atoms with van der Waals surface area (Å²) in [6.45, 7) is 1.50. The number of carbonyl (C=O) groups is 2. The van der Waals surface area contributed by atoms with Crippen molar-refractivity contribution in [3.63, 3.8) is 0 Å². The van der Waals surface area contributed by atoms with Gasteiger partial charge in [-0.15, -0.1) is 0 Å². The highest BCUT2D eigenvalue weighted by Crippen LogP contribution is 2.28. The molecule has 1 N–H and O–H groups in total. The summed E-state index contributed by atoms with van der Waals surface area (Å²) in [5, 5.41) is 2.73. The van der Waals surface area contributed by atoms with E-state index in [9.17, 15) is 9.59 Å². The van der Waals surface area contributed by atoms with Crippen molar-refractivity contribution in [1.82, 2.24) is 10.3 Å². The standard InChI is InChI=1S/C16H22N2O4/c1-11(19)18-14(12-6-3-4-7-12)16(20)22-10-13-8-5-9-17-15(13)21-2/h5,8-9,12,14H,3-4,6-7,10H2,1-2H3,(H,18,19)/t14-/m0/s1. The number of rotatable bonds is 6. The molecule has 1 aromatic rings. The molecule has 0 aromatic carbocycles. The topological polar surface area (TPSA) is 77.5 Å². The molecule has 1 aliphatic rings. The Hall–Kier alpha value is -2.11. The average molecular weight is 306 g/mol. The molecule has 1 fully saturated rings. The Morgan fingerprint density at radius 2 is 2.14 bits per heavy atom. The highest BCUT2D eigenvalue weighted by atomic mass is 16.5.